The molecule has 1 fully saturated rings. The highest BCUT2D eigenvalue weighted by atomic mass is 32.2. The van der Waals surface area contributed by atoms with Crippen molar-refractivity contribution in [2.75, 3.05) is 33.4 Å². The molecule has 9 nitrogen and oxygen atoms in total. The van der Waals surface area contributed by atoms with Gasteiger partial charge in [0.05, 0.1) is 31.2 Å². The Morgan fingerprint density at radius 1 is 1.15 bits per heavy atom. The molecule has 1 aliphatic heterocycles. The van der Waals surface area contributed by atoms with Crippen LogP contribution in [0.25, 0.3) is 0 Å². The van der Waals surface area contributed by atoms with Crippen LogP contribution in [0.1, 0.15) is 18.4 Å². The van der Waals surface area contributed by atoms with Gasteiger partial charge in [-0.2, -0.15) is 0 Å². The Labute approximate surface area is 198 Å². The van der Waals surface area contributed by atoms with Crippen LogP contribution in [-0.2, 0) is 30.9 Å². The van der Waals surface area contributed by atoms with Crippen molar-refractivity contribution in [3.63, 3.8) is 0 Å². The largest absolute Gasteiger partial charge is 0.497 e. The molecule has 0 saturated carbocycles. The average Bonchev–Trinajstić information content (AvgIpc) is 3.36. The van der Waals surface area contributed by atoms with Crippen molar-refractivity contribution in [3.05, 3.63) is 59.9 Å². The Balaban J connectivity index is 1.64. The monoisotopic (exact) mass is 493 g/mol. The third-order valence-electron chi connectivity index (χ3n) is 5.31. The molecule has 2 aromatic carbocycles. The first-order valence-corrected chi connectivity index (χ1v) is 12.3. The molecule has 0 bridgehead atoms. The van der Waals surface area contributed by atoms with Gasteiger partial charge in [-0.15, -0.1) is 0 Å². The van der Waals surface area contributed by atoms with Crippen LogP contribution < -0.4 is 14.8 Å². The van der Waals surface area contributed by atoms with Gasteiger partial charge in [-0.3, -0.25) is 9.59 Å². The lowest BCUT2D eigenvalue weighted by Gasteiger charge is -2.23. The number of benzene rings is 2. The number of rotatable bonds is 11. The number of hydrogen-bond acceptors (Lipinski definition) is 6. The molecule has 1 aliphatic rings. The molecule has 1 saturated heterocycles. The molecule has 1 atom stereocenters. The number of nitrogens with zero attached hydrogens (tertiary/aromatic N) is 1. The summed E-state index contributed by atoms with van der Waals surface area (Å²) in [5.74, 6) is -0.935. The lowest BCUT2D eigenvalue weighted by atomic mass is 10.2. The first kappa shape index (κ1) is 25.6. The summed E-state index contributed by atoms with van der Waals surface area (Å²) in [5, 5.41) is 2.75. The molecule has 11 heteroatoms. The highest BCUT2D eigenvalue weighted by Crippen LogP contribution is 2.15. The van der Waals surface area contributed by atoms with Crippen molar-refractivity contribution in [2.45, 2.75) is 30.4 Å². The third-order valence-corrected chi connectivity index (χ3v) is 6.73. The van der Waals surface area contributed by atoms with Gasteiger partial charge in [-0.1, -0.05) is 12.1 Å². The Morgan fingerprint density at radius 3 is 2.47 bits per heavy atom. The standard InChI is InChI=1S/C23H28FN3O6S/c1-32-19-8-10-21(11-9-19)34(30,31)26-14-23(29)27(15-17-4-6-18(24)7-5-17)16-22(28)25-13-20-3-2-12-33-20/h4-11,20,26H,2-3,12-16H2,1H3,(H,25,28)/t20-/m0/s1. The third kappa shape index (κ3) is 7.51. The number of carbonyl (C=O) groups is 2. The van der Waals surface area contributed by atoms with Crippen LogP contribution in [0, 0.1) is 5.82 Å². The van der Waals surface area contributed by atoms with Crippen molar-refractivity contribution >= 4 is 21.8 Å². The lowest BCUT2D eigenvalue weighted by Crippen LogP contribution is -2.45. The highest BCUT2D eigenvalue weighted by Gasteiger charge is 2.22. The molecule has 0 unspecified atom stereocenters. The van der Waals surface area contributed by atoms with Gasteiger partial charge < -0.3 is 19.7 Å². The zero-order chi connectivity index (χ0) is 24.6. The Kier molecular flexibility index (Phi) is 8.97. The van der Waals surface area contributed by atoms with Crippen LogP contribution in [-0.4, -0.2) is 64.6 Å². The first-order valence-electron chi connectivity index (χ1n) is 10.8. The molecule has 0 aliphatic carbocycles. The fourth-order valence-electron chi connectivity index (χ4n) is 3.41. The Hall–Kier alpha value is -3.02. The maximum Gasteiger partial charge on any atom is 0.241 e. The van der Waals surface area contributed by atoms with Gasteiger partial charge in [-0.25, -0.2) is 17.5 Å². The van der Waals surface area contributed by atoms with Gasteiger partial charge in [-0.05, 0) is 54.8 Å². The maximum atomic E-state index is 13.3. The zero-order valence-corrected chi connectivity index (χ0v) is 19.6. The summed E-state index contributed by atoms with van der Waals surface area (Å²) in [6, 6.07) is 11.2. The van der Waals surface area contributed by atoms with Crippen molar-refractivity contribution in [1.82, 2.24) is 14.9 Å². The number of amides is 2. The zero-order valence-electron chi connectivity index (χ0n) is 18.8. The smallest absolute Gasteiger partial charge is 0.241 e. The van der Waals surface area contributed by atoms with Gasteiger partial charge in [0, 0.05) is 19.7 Å². The minimum Gasteiger partial charge on any atom is -0.497 e. The topological polar surface area (TPSA) is 114 Å². The Morgan fingerprint density at radius 2 is 1.85 bits per heavy atom. The van der Waals surface area contributed by atoms with Gasteiger partial charge in [0.25, 0.3) is 0 Å². The number of nitrogens with one attached hydrogen (secondary N) is 2. The number of carbonyl (C=O) groups excluding carboxylic acids is 2. The predicted molar refractivity (Wildman–Crippen MR) is 122 cm³/mol. The fraction of sp³-hybridized carbons (Fsp3) is 0.391. The summed E-state index contributed by atoms with van der Waals surface area (Å²) >= 11 is 0. The molecule has 2 aromatic rings. The van der Waals surface area contributed by atoms with Crippen molar-refractivity contribution in [2.24, 2.45) is 0 Å². The predicted octanol–water partition coefficient (Wildman–Crippen LogP) is 1.44. The van der Waals surface area contributed by atoms with E-state index in [9.17, 15) is 22.4 Å². The van der Waals surface area contributed by atoms with Crippen molar-refractivity contribution in [1.29, 1.82) is 0 Å². The number of hydrogen-bond donors (Lipinski definition) is 2. The SMILES string of the molecule is COc1ccc(S(=O)(=O)NCC(=O)N(CC(=O)NC[C@@H]2CCCO2)Cc2ccc(F)cc2)cc1. The van der Waals surface area contributed by atoms with Gasteiger partial charge in [0.15, 0.2) is 0 Å². The molecular weight excluding hydrogens is 465 g/mol. The second kappa shape index (κ2) is 11.9. The van der Waals surface area contributed by atoms with Crippen LogP contribution in [0.15, 0.2) is 53.4 Å². The van der Waals surface area contributed by atoms with E-state index in [0.717, 1.165) is 12.8 Å². The molecule has 2 amide bonds. The summed E-state index contributed by atoms with van der Waals surface area (Å²) in [5.41, 5.74) is 0.597. The van der Waals surface area contributed by atoms with Crippen LogP contribution >= 0.6 is 0 Å². The van der Waals surface area contributed by atoms with Crippen molar-refractivity contribution in [3.8, 4) is 5.75 Å². The van der Waals surface area contributed by atoms with Gasteiger partial charge in [0.2, 0.25) is 21.8 Å². The number of methoxy groups -OCH3 is 1. The van der Waals surface area contributed by atoms with E-state index in [0.29, 0.717) is 24.5 Å². The van der Waals surface area contributed by atoms with E-state index in [-0.39, 0.29) is 24.1 Å². The molecule has 3 rings (SSSR count). The van der Waals surface area contributed by atoms with E-state index in [1.54, 1.807) is 0 Å². The summed E-state index contributed by atoms with van der Waals surface area (Å²) in [6.07, 6.45) is 1.73. The Bertz CT molecular complexity index is 1070. The summed E-state index contributed by atoms with van der Waals surface area (Å²) in [7, 11) is -2.50. The number of ether oxygens (including phenoxy) is 2. The molecule has 0 spiro atoms. The maximum absolute atomic E-state index is 13.3. The van der Waals surface area contributed by atoms with E-state index in [4.69, 9.17) is 9.47 Å². The summed E-state index contributed by atoms with van der Waals surface area (Å²) < 4.78 is 51.2. The molecule has 2 N–H and O–H groups in total. The van der Waals surface area contributed by atoms with Crippen LogP contribution in [0.3, 0.4) is 0 Å². The summed E-state index contributed by atoms with van der Waals surface area (Å²) in [4.78, 5) is 26.5. The van der Waals surface area contributed by atoms with E-state index >= 15 is 0 Å². The lowest BCUT2D eigenvalue weighted by molar-refractivity contribution is -0.135. The van der Waals surface area contributed by atoms with Crippen LogP contribution in [0.5, 0.6) is 5.75 Å². The molecule has 0 aromatic heterocycles. The molecule has 1 heterocycles. The summed E-state index contributed by atoms with van der Waals surface area (Å²) in [6.45, 7) is 0.171. The van der Waals surface area contributed by atoms with Gasteiger partial charge in [0.1, 0.15) is 11.6 Å². The number of sulfonamides is 1. The van der Waals surface area contributed by atoms with Crippen molar-refractivity contribution < 1.29 is 31.9 Å². The second-order valence-electron chi connectivity index (χ2n) is 7.82. The fourth-order valence-corrected chi connectivity index (χ4v) is 4.39. The minimum absolute atomic E-state index is 0.0106. The van der Waals surface area contributed by atoms with E-state index < -0.39 is 34.2 Å². The second-order valence-corrected chi connectivity index (χ2v) is 9.58. The molecule has 184 valence electrons. The van der Waals surface area contributed by atoms with Gasteiger partial charge >= 0.3 is 0 Å². The first-order chi connectivity index (χ1) is 16.3. The average molecular weight is 494 g/mol. The normalized spacial score (nSPS) is 15.6. The molecule has 0 radical (unpaired) electrons. The molecule has 34 heavy (non-hydrogen) atoms. The minimum atomic E-state index is -3.96. The van der Waals surface area contributed by atoms with E-state index in [2.05, 4.69) is 10.0 Å². The van der Waals surface area contributed by atoms with E-state index in [1.807, 2.05) is 0 Å². The molecular formula is C23H28FN3O6S. The van der Waals surface area contributed by atoms with Crippen LogP contribution in [0.4, 0.5) is 4.39 Å². The van der Waals surface area contributed by atoms with E-state index in [1.165, 1.54) is 60.5 Å². The quantitative estimate of drug-likeness (QED) is 0.490. The van der Waals surface area contributed by atoms with Crippen LogP contribution in [0.2, 0.25) is 0 Å². The highest BCUT2D eigenvalue weighted by molar-refractivity contribution is 7.89. The number of halogens is 1.